The topological polar surface area (TPSA) is 34.6 Å². The predicted molar refractivity (Wildman–Crippen MR) is 97.1 cm³/mol. The van der Waals surface area contributed by atoms with E-state index in [1.54, 1.807) is 0 Å². The molecule has 0 radical (unpaired) electrons. The maximum atomic E-state index is 6.34. The summed E-state index contributed by atoms with van der Waals surface area (Å²) in [5.74, 6) is 0. The molecular formula is C21H26N2O2. The van der Waals surface area contributed by atoms with Gasteiger partial charge in [0, 0.05) is 38.6 Å². The van der Waals surface area contributed by atoms with Crippen LogP contribution in [-0.4, -0.2) is 41.3 Å². The zero-order chi connectivity index (χ0) is 17.0. The maximum absolute atomic E-state index is 6.34. The SMILES string of the molecule is c1ccc(CO[C@H]2CCN(Cc3cccnc3)C[C@@]23CCCO3)cc1. The molecule has 0 unspecified atom stereocenters. The lowest BCUT2D eigenvalue weighted by Gasteiger charge is -2.45. The van der Waals surface area contributed by atoms with Crippen molar-refractivity contribution < 1.29 is 9.47 Å². The predicted octanol–water partition coefficient (Wildman–Crippen LogP) is 3.42. The molecule has 4 rings (SSSR count). The molecule has 1 spiro atoms. The van der Waals surface area contributed by atoms with Crippen LogP contribution in [0, 0.1) is 0 Å². The standard InChI is InChI=1S/C21H26N2O2/c1-2-6-18(7-3-1)16-24-20-9-12-23(15-19-8-4-11-22-14-19)17-21(20)10-5-13-25-21/h1-4,6-8,11,14,20H,5,9-10,12-13,15-17H2/t20-,21-/m0/s1. The minimum Gasteiger partial charge on any atom is -0.371 e. The number of rotatable bonds is 5. The fourth-order valence-corrected chi connectivity index (χ4v) is 4.11. The summed E-state index contributed by atoms with van der Waals surface area (Å²) >= 11 is 0. The maximum Gasteiger partial charge on any atom is 0.107 e. The number of benzene rings is 1. The summed E-state index contributed by atoms with van der Waals surface area (Å²) in [5.41, 5.74) is 2.35. The highest BCUT2D eigenvalue weighted by Gasteiger charge is 2.47. The molecule has 2 aliphatic heterocycles. The van der Waals surface area contributed by atoms with E-state index in [1.165, 1.54) is 11.1 Å². The van der Waals surface area contributed by atoms with Gasteiger partial charge in [0.2, 0.25) is 0 Å². The van der Waals surface area contributed by atoms with Crippen molar-refractivity contribution in [3.05, 3.63) is 66.0 Å². The first kappa shape index (κ1) is 16.7. The Balaban J connectivity index is 1.41. The Morgan fingerprint density at radius 3 is 2.80 bits per heavy atom. The summed E-state index contributed by atoms with van der Waals surface area (Å²) in [5, 5.41) is 0. The molecule has 0 aliphatic carbocycles. The highest BCUT2D eigenvalue weighted by Crippen LogP contribution is 2.37. The molecule has 3 heterocycles. The van der Waals surface area contributed by atoms with E-state index in [9.17, 15) is 0 Å². The number of aromatic nitrogens is 1. The third kappa shape index (κ3) is 3.92. The average Bonchev–Trinajstić information content (AvgIpc) is 3.11. The van der Waals surface area contributed by atoms with Gasteiger partial charge < -0.3 is 9.47 Å². The first-order chi connectivity index (χ1) is 12.3. The zero-order valence-electron chi connectivity index (χ0n) is 14.6. The lowest BCUT2D eigenvalue weighted by atomic mass is 9.86. The van der Waals surface area contributed by atoms with E-state index in [0.717, 1.165) is 45.5 Å². The van der Waals surface area contributed by atoms with Crippen molar-refractivity contribution in [1.82, 2.24) is 9.88 Å². The number of hydrogen-bond donors (Lipinski definition) is 0. The van der Waals surface area contributed by atoms with Crippen LogP contribution in [0.25, 0.3) is 0 Å². The number of nitrogens with zero attached hydrogens (tertiary/aromatic N) is 2. The van der Waals surface area contributed by atoms with Gasteiger partial charge in [0.15, 0.2) is 0 Å². The van der Waals surface area contributed by atoms with Crippen LogP contribution in [0.15, 0.2) is 54.9 Å². The molecule has 2 aromatic rings. The first-order valence-corrected chi connectivity index (χ1v) is 9.25. The summed E-state index contributed by atoms with van der Waals surface area (Å²) in [6.45, 7) is 4.44. The molecule has 4 heteroatoms. The van der Waals surface area contributed by atoms with Gasteiger partial charge in [0.1, 0.15) is 5.60 Å². The van der Waals surface area contributed by atoms with Crippen molar-refractivity contribution in [3.8, 4) is 0 Å². The largest absolute Gasteiger partial charge is 0.371 e. The fraction of sp³-hybridized carbons (Fsp3) is 0.476. The van der Waals surface area contributed by atoms with Crippen molar-refractivity contribution in [2.24, 2.45) is 0 Å². The molecule has 2 saturated heterocycles. The first-order valence-electron chi connectivity index (χ1n) is 9.25. The van der Waals surface area contributed by atoms with Gasteiger partial charge in [0.05, 0.1) is 12.7 Å². The Morgan fingerprint density at radius 2 is 2.04 bits per heavy atom. The number of hydrogen-bond acceptors (Lipinski definition) is 4. The van der Waals surface area contributed by atoms with E-state index in [1.807, 2.05) is 24.5 Å². The van der Waals surface area contributed by atoms with E-state index < -0.39 is 0 Å². The number of ether oxygens (including phenoxy) is 2. The summed E-state index contributed by atoms with van der Waals surface area (Å²) < 4.78 is 12.6. The molecule has 1 aromatic heterocycles. The molecular weight excluding hydrogens is 312 g/mol. The van der Waals surface area contributed by atoms with Crippen LogP contribution in [-0.2, 0) is 22.6 Å². The second-order valence-corrected chi connectivity index (χ2v) is 7.16. The van der Waals surface area contributed by atoms with Crippen LogP contribution in [0.1, 0.15) is 30.4 Å². The van der Waals surface area contributed by atoms with Gasteiger partial charge in [-0.1, -0.05) is 36.4 Å². The molecule has 25 heavy (non-hydrogen) atoms. The fourth-order valence-electron chi connectivity index (χ4n) is 4.11. The van der Waals surface area contributed by atoms with E-state index in [-0.39, 0.29) is 11.7 Å². The highest BCUT2D eigenvalue weighted by atomic mass is 16.6. The minimum absolute atomic E-state index is 0.144. The van der Waals surface area contributed by atoms with Gasteiger partial charge in [-0.3, -0.25) is 9.88 Å². The number of pyridine rings is 1. The van der Waals surface area contributed by atoms with Gasteiger partial charge in [-0.05, 0) is 36.5 Å². The van der Waals surface area contributed by atoms with Crippen molar-refractivity contribution in [1.29, 1.82) is 0 Å². The summed E-state index contributed by atoms with van der Waals surface area (Å²) in [4.78, 5) is 6.73. The average molecular weight is 338 g/mol. The normalized spacial score (nSPS) is 27.0. The van der Waals surface area contributed by atoms with Crippen molar-refractivity contribution in [2.45, 2.75) is 44.1 Å². The van der Waals surface area contributed by atoms with Crippen molar-refractivity contribution in [3.63, 3.8) is 0 Å². The lowest BCUT2D eigenvalue weighted by Crippen LogP contribution is -2.57. The third-order valence-corrected chi connectivity index (χ3v) is 5.34. The van der Waals surface area contributed by atoms with Crippen LogP contribution < -0.4 is 0 Å². The zero-order valence-corrected chi connectivity index (χ0v) is 14.6. The van der Waals surface area contributed by atoms with Gasteiger partial charge in [0.25, 0.3) is 0 Å². The van der Waals surface area contributed by atoms with Gasteiger partial charge in [-0.2, -0.15) is 0 Å². The quantitative estimate of drug-likeness (QED) is 0.837. The van der Waals surface area contributed by atoms with Crippen LogP contribution in [0.4, 0.5) is 0 Å². The van der Waals surface area contributed by atoms with E-state index in [2.05, 4.69) is 40.2 Å². The van der Waals surface area contributed by atoms with Gasteiger partial charge in [-0.25, -0.2) is 0 Å². The molecule has 4 nitrogen and oxygen atoms in total. The molecule has 0 N–H and O–H groups in total. The van der Waals surface area contributed by atoms with Crippen LogP contribution in [0.5, 0.6) is 0 Å². The smallest absolute Gasteiger partial charge is 0.107 e. The highest BCUT2D eigenvalue weighted by molar-refractivity contribution is 5.14. The number of piperidine rings is 1. The van der Waals surface area contributed by atoms with Crippen molar-refractivity contribution in [2.75, 3.05) is 19.7 Å². The molecule has 0 bridgehead atoms. The molecule has 2 fully saturated rings. The third-order valence-electron chi connectivity index (χ3n) is 5.34. The number of likely N-dealkylation sites (tertiary alicyclic amines) is 1. The Kier molecular flexibility index (Phi) is 5.11. The van der Waals surface area contributed by atoms with Crippen LogP contribution >= 0.6 is 0 Å². The van der Waals surface area contributed by atoms with Gasteiger partial charge >= 0.3 is 0 Å². The Morgan fingerprint density at radius 1 is 1.16 bits per heavy atom. The molecule has 0 saturated carbocycles. The summed E-state index contributed by atoms with van der Waals surface area (Å²) in [6, 6.07) is 14.6. The Hall–Kier alpha value is -1.75. The second kappa shape index (κ2) is 7.65. The van der Waals surface area contributed by atoms with Crippen LogP contribution in [0.2, 0.25) is 0 Å². The van der Waals surface area contributed by atoms with E-state index >= 15 is 0 Å². The van der Waals surface area contributed by atoms with E-state index in [0.29, 0.717) is 6.61 Å². The second-order valence-electron chi connectivity index (χ2n) is 7.16. The Labute approximate surface area is 149 Å². The molecule has 2 aliphatic rings. The summed E-state index contributed by atoms with van der Waals surface area (Å²) in [6.07, 6.45) is 7.21. The molecule has 2 atom stereocenters. The molecule has 1 aromatic carbocycles. The lowest BCUT2D eigenvalue weighted by molar-refractivity contribution is -0.160. The Bertz CT molecular complexity index is 656. The summed E-state index contributed by atoms with van der Waals surface area (Å²) in [7, 11) is 0. The minimum atomic E-state index is -0.144. The van der Waals surface area contributed by atoms with Crippen molar-refractivity contribution >= 4 is 0 Å². The molecule has 0 amide bonds. The van der Waals surface area contributed by atoms with E-state index in [4.69, 9.17) is 9.47 Å². The monoisotopic (exact) mass is 338 g/mol. The van der Waals surface area contributed by atoms with Crippen LogP contribution in [0.3, 0.4) is 0 Å². The molecule has 132 valence electrons. The van der Waals surface area contributed by atoms with Gasteiger partial charge in [-0.15, -0.1) is 0 Å².